The molecule has 0 spiro atoms. The molecular formula is C26H38N2O6. The number of ether oxygens (including phenoxy) is 2. The van der Waals surface area contributed by atoms with Crippen LogP contribution in [0.5, 0.6) is 0 Å². The largest absolute Gasteiger partial charge is 0.463 e. The number of aliphatic hydroxyl groups excluding tert-OH is 1. The number of benzene rings is 1. The zero-order valence-corrected chi connectivity index (χ0v) is 19.9. The highest BCUT2D eigenvalue weighted by Gasteiger charge is 2.24. The molecule has 0 bridgehead atoms. The summed E-state index contributed by atoms with van der Waals surface area (Å²) < 4.78 is 10.5. The number of rotatable bonds is 19. The van der Waals surface area contributed by atoms with E-state index in [-0.39, 0.29) is 57.2 Å². The number of esters is 1. The third kappa shape index (κ3) is 12.9. The molecule has 1 aromatic carbocycles. The van der Waals surface area contributed by atoms with Crippen molar-refractivity contribution in [3.63, 3.8) is 0 Å². The number of carbonyl (C=O) groups is 3. The van der Waals surface area contributed by atoms with Crippen LogP contribution in [0.4, 0.5) is 0 Å². The van der Waals surface area contributed by atoms with Gasteiger partial charge in [-0.15, -0.1) is 13.2 Å². The topological polar surface area (TPSA) is 114 Å². The van der Waals surface area contributed by atoms with Gasteiger partial charge in [0.1, 0.15) is 6.61 Å². The summed E-state index contributed by atoms with van der Waals surface area (Å²) in [6.45, 7) is 8.06. The molecule has 0 aromatic heterocycles. The molecule has 1 rings (SSSR count). The van der Waals surface area contributed by atoms with Crippen LogP contribution < -0.4 is 10.6 Å². The normalized spacial score (nSPS) is 12.3. The Morgan fingerprint density at radius 1 is 1.06 bits per heavy atom. The minimum Gasteiger partial charge on any atom is -0.463 e. The van der Waals surface area contributed by atoms with Crippen LogP contribution in [-0.4, -0.2) is 55.9 Å². The van der Waals surface area contributed by atoms with E-state index in [1.165, 1.54) is 0 Å². The van der Waals surface area contributed by atoms with Gasteiger partial charge in [0, 0.05) is 19.4 Å². The first-order chi connectivity index (χ1) is 16.5. The third-order valence-electron chi connectivity index (χ3n) is 5.03. The van der Waals surface area contributed by atoms with Gasteiger partial charge in [-0.25, -0.2) is 0 Å². The SMILES string of the molecule is C=CCCCCC(=O)OC[C@H](NC(=O)[C@@H](CC=C)CC(=O)NCCOCCO)c1ccccc1. The van der Waals surface area contributed by atoms with Gasteiger partial charge < -0.3 is 25.2 Å². The van der Waals surface area contributed by atoms with Crippen LogP contribution in [0.2, 0.25) is 0 Å². The van der Waals surface area contributed by atoms with E-state index in [1.807, 2.05) is 36.4 Å². The molecule has 0 aliphatic heterocycles. The zero-order valence-electron chi connectivity index (χ0n) is 19.9. The summed E-state index contributed by atoms with van der Waals surface area (Å²) in [7, 11) is 0. The van der Waals surface area contributed by atoms with Crippen molar-refractivity contribution >= 4 is 17.8 Å². The van der Waals surface area contributed by atoms with Crippen LogP contribution in [0, 0.1) is 5.92 Å². The highest BCUT2D eigenvalue weighted by Crippen LogP contribution is 2.17. The second-order valence-corrected chi connectivity index (χ2v) is 7.80. The van der Waals surface area contributed by atoms with Crippen molar-refractivity contribution in [3.8, 4) is 0 Å². The highest BCUT2D eigenvalue weighted by atomic mass is 16.5. The molecule has 0 unspecified atom stereocenters. The Morgan fingerprint density at radius 3 is 2.50 bits per heavy atom. The van der Waals surface area contributed by atoms with E-state index < -0.39 is 12.0 Å². The van der Waals surface area contributed by atoms with Crippen LogP contribution in [0.25, 0.3) is 0 Å². The van der Waals surface area contributed by atoms with E-state index in [9.17, 15) is 14.4 Å². The van der Waals surface area contributed by atoms with Crippen molar-refractivity contribution in [3.05, 3.63) is 61.2 Å². The van der Waals surface area contributed by atoms with Gasteiger partial charge in [0.05, 0.1) is 31.8 Å². The molecule has 8 nitrogen and oxygen atoms in total. The smallest absolute Gasteiger partial charge is 0.305 e. The summed E-state index contributed by atoms with van der Waals surface area (Å²) in [5.74, 6) is -1.53. The Labute approximate surface area is 202 Å². The summed E-state index contributed by atoms with van der Waals surface area (Å²) in [5, 5.41) is 14.3. The first kappa shape index (κ1) is 29.1. The molecule has 0 saturated heterocycles. The number of aliphatic hydroxyl groups is 1. The zero-order chi connectivity index (χ0) is 25.0. The average molecular weight is 475 g/mol. The average Bonchev–Trinajstić information content (AvgIpc) is 2.84. The Morgan fingerprint density at radius 2 is 1.82 bits per heavy atom. The van der Waals surface area contributed by atoms with Gasteiger partial charge in [-0.1, -0.05) is 42.5 Å². The molecule has 0 aliphatic rings. The molecule has 0 fully saturated rings. The molecule has 0 heterocycles. The molecular weight excluding hydrogens is 436 g/mol. The van der Waals surface area contributed by atoms with Crippen molar-refractivity contribution in [1.29, 1.82) is 0 Å². The van der Waals surface area contributed by atoms with E-state index >= 15 is 0 Å². The first-order valence-electron chi connectivity index (χ1n) is 11.7. The minimum atomic E-state index is -0.614. The van der Waals surface area contributed by atoms with E-state index in [0.29, 0.717) is 12.8 Å². The summed E-state index contributed by atoms with van der Waals surface area (Å²) in [5.41, 5.74) is 0.804. The van der Waals surface area contributed by atoms with Gasteiger partial charge in [-0.2, -0.15) is 0 Å². The lowest BCUT2D eigenvalue weighted by molar-refractivity contribution is -0.145. The molecule has 1 aromatic rings. The quantitative estimate of drug-likeness (QED) is 0.161. The lowest BCUT2D eigenvalue weighted by Crippen LogP contribution is -2.39. The van der Waals surface area contributed by atoms with Crippen LogP contribution in [0.1, 0.15) is 50.1 Å². The summed E-state index contributed by atoms with van der Waals surface area (Å²) in [4.78, 5) is 37.4. The number of hydrogen-bond acceptors (Lipinski definition) is 6. The minimum absolute atomic E-state index is 0.00521. The van der Waals surface area contributed by atoms with Gasteiger partial charge in [0.15, 0.2) is 0 Å². The van der Waals surface area contributed by atoms with Crippen molar-refractivity contribution in [2.75, 3.05) is 33.0 Å². The molecule has 34 heavy (non-hydrogen) atoms. The molecule has 3 N–H and O–H groups in total. The van der Waals surface area contributed by atoms with Gasteiger partial charge in [-0.3, -0.25) is 14.4 Å². The fourth-order valence-corrected chi connectivity index (χ4v) is 3.21. The van der Waals surface area contributed by atoms with Crippen LogP contribution in [0.3, 0.4) is 0 Å². The lowest BCUT2D eigenvalue weighted by atomic mass is 9.98. The summed E-state index contributed by atoms with van der Waals surface area (Å²) >= 11 is 0. The van der Waals surface area contributed by atoms with Crippen LogP contribution >= 0.6 is 0 Å². The monoisotopic (exact) mass is 474 g/mol. The molecule has 8 heteroatoms. The van der Waals surface area contributed by atoms with Gasteiger partial charge in [0.2, 0.25) is 11.8 Å². The number of carbonyl (C=O) groups excluding carboxylic acids is 3. The number of nitrogens with one attached hydrogen (secondary N) is 2. The standard InChI is InChI=1S/C26H38N2O6/c1-3-5-6-10-14-25(31)34-20-23(21-12-8-7-9-13-21)28-26(32)22(11-4-2)19-24(30)27-15-17-33-18-16-29/h3-4,7-9,12-13,22-23,29H,1-2,5-6,10-11,14-20H2,(H,27,30)(H,28,32)/t22-,23-/m0/s1. The van der Waals surface area contributed by atoms with Crippen molar-refractivity contribution in [2.24, 2.45) is 5.92 Å². The van der Waals surface area contributed by atoms with E-state index in [4.69, 9.17) is 14.6 Å². The Kier molecular flexibility index (Phi) is 15.8. The predicted molar refractivity (Wildman–Crippen MR) is 131 cm³/mol. The molecule has 2 atom stereocenters. The maximum atomic E-state index is 13.0. The molecule has 0 saturated carbocycles. The van der Waals surface area contributed by atoms with Crippen LogP contribution in [-0.2, 0) is 23.9 Å². The molecule has 0 radical (unpaired) electrons. The summed E-state index contributed by atoms with van der Waals surface area (Å²) in [6.07, 6.45) is 6.48. The third-order valence-corrected chi connectivity index (χ3v) is 5.03. The van der Waals surface area contributed by atoms with E-state index in [0.717, 1.165) is 24.8 Å². The van der Waals surface area contributed by atoms with Crippen LogP contribution in [0.15, 0.2) is 55.6 Å². The Balaban J connectivity index is 2.68. The first-order valence-corrected chi connectivity index (χ1v) is 11.7. The van der Waals surface area contributed by atoms with Crippen molar-refractivity contribution < 1.29 is 29.0 Å². The second kappa shape index (κ2) is 18.5. The Hall–Kier alpha value is -2.97. The lowest BCUT2D eigenvalue weighted by Gasteiger charge is -2.22. The van der Waals surface area contributed by atoms with Gasteiger partial charge in [-0.05, 0) is 31.2 Å². The fourth-order valence-electron chi connectivity index (χ4n) is 3.21. The highest BCUT2D eigenvalue weighted by molar-refractivity contribution is 5.86. The maximum absolute atomic E-state index is 13.0. The van der Waals surface area contributed by atoms with Crippen molar-refractivity contribution in [1.82, 2.24) is 10.6 Å². The summed E-state index contributed by atoms with van der Waals surface area (Å²) in [6, 6.07) is 8.73. The number of unbranched alkanes of at least 4 members (excludes halogenated alkanes) is 2. The number of allylic oxidation sites excluding steroid dienone is 2. The molecule has 0 aliphatic carbocycles. The fraction of sp³-hybridized carbons (Fsp3) is 0.500. The number of amides is 2. The predicted octanol–water partition coefficient (Wildman–Crippen LogP) is 2.84. The van der Waals surface area contributed by atoms with Gasteiger partial charge >= 0.3 is 5.97 Å². The molecule has 188 valence electrons. The second-order valence-electron chi connectivity index (χ2n) is 7.80. The van der Waals surface area contributed by atoms with Crippen molar-refractivity contribution in [2.45, 2.75) is 44.6 Å². The maximum Gasteiger partial charge on any atom is 0.305 e. The van der Waals surface area contributed by atoms with E-state index in [2.05, 4.69) is 23.8 Å². The van der Waals surface area contributed by atoms with E-state index in [1.54, 1.807) is 6.08 Å². The Bertz CT molecular complexity index is 753. The van der Waals surface area contributed by atoms with Gasteiger partial charge in [0.25, 0.3) is 0 Å². The number of hydrogen-bond donors (Lipinski definition) is 3. The molecule has 2 amide bonds.